The number of methoxy groups -OCH3 is 1. The molecule has 0 N–H and O–H groups in total. The molecule has 0 radical (unpaired) electrons. The van der Waals surface area contributed by atoms with Gasteiger partial charge in [0, 0.05) is 18.7 Å². The van der Waals surface area contributed by atoms with Crippen LogP contribution in [0.3, 0.4) is 0 Å². The molecule has 4 heteroatoms. The van der Waals surface area contributed by atoms with Crippen molar-refractivity contribution in [3.05, 3.63) is 41.5 Å². The van der Waals surface area contributed by atoms with E-state index in [9.17, 15) is 9.59 Å². The molecule has 1 fully saturated rings. The number of hydrogen-bond acceptors (Lipinski definition) is 3. The highest BCUT2D eigenvalue weighted by molar-refractivity contribution is 5.92. The van der Waals surface area contributed by atoms with Gasteiger partial charge in [-0.25, -0.2) is 4.79 Å². The summed E-state index contributed by atoms with van der Waals surface area (Å²) in [5.41, 5.74) is 1.40. The Morgan fingerprint density at radius 3 is 2.41 bits per heavy atom. The summed E-state index contributed by atoms with van der Waals surface area (Å²) in [6.07, 6.45) is 8.07. The summed E-state index contributed by atoms with van der Waals surface area (Å²) in [5.74, 6) is -0.295. The normalized spacial score (nSPS) is 15.2. The minimum atomic E-state index is -0.356. The van der Waals surface area contributed by atoms with Crippen molar-refractivity contribution in [1.82, 2.24) is 4.90 Å². The number of hydrogen-bond donors (Lipinski definition) is 0. The Morgan fingerprint density at radius 2 is 1.86 bits per heavy atom. The summed E-state index contributed by atoms with van der Waals surface area (Å²) in [6, 6.07) is 7.41. The lowest BCUT2D eigenvalue weighted by Gasteiger charge is -2.26. The molecule has 2 rings (SSSR count). The first-order valence-electron chi connectivity index (χ1n) is 7.82. The van der Waals surface area contributed by atoms with Gasteiger partial charge in [-0.1, -0.05) is 25.0 Å². The van der Waals surface area contributed by atoms with E-state index in [4.69, 9.17) is 0 Å². The molecular weight excluding hydrogens is 278 g/mol. The van der Waals surface area contributed by atoms with Crippen molar-refractivity contribution in [3.63, 3.8) is 0 Å². The van der Waals surface area contributed by atoms with Crippen molar-refractivity contribution in [1.29, 1.82) is 0 Å². The van der Waals surface area contributed by atoms with E-state index in [-0.39, 0.29) is 11.9 Å². The fourth-order valence-electron chi connectivity index (χ4n) is 2.92. The summed E-state index contributed by atoms with van der Waals surface area (Å²) in [7, 11) is 1.36. The summed E-state index contributed by atoms with van der Waals surface area (Å²) < 4.78 is 4.66. The van der Waals surface area contributed by atoms with Gasteiger partial charge in [0.1, 0.15) is 0 Å². The molecule has 1 amide bonds. The van der Waals surface area contributed by atoms with Gasteiger partial charge in [-0.15, -0.1) is 0 Å². The smallest absolute Gasteiger partial charge is 0.337 e. The number of likely N-dealkylation sites (N-methyl/N-ethyl adjacent to an activating group) is 1. The molecule has 0 spiro atoms. The van der Waals surface area contributed by atoms with Crippen LogP contribution in [0.1, 0.15) is 48.5 Å². The average molecular weight is 301 g/mol. The number of carbonyl (C=O) groups is 2. The lowest BCUT2D eigenvalue weighted by molar-refractivity contribution is -0.127. The van der Waals surface area contributed by atoms with E-state index in [1.807, 2.05) is 24.0 Å². The zero-order chi connectivity index (χ0) is 15.9. The lowest BCUT2D eigenvalue weighted by atomic mass is 10.1. The molecule has 1 aromatic carbocycles. The van der Waals surface area contributed by atoms with Crippen LogP contribution in [0.2, 0.25) is 0 Å². The quantitative estimate of drug-likeness (QED) is 0.619. The summed E-state index contributed by atoms with van der Waals surface area (Å²) in [6.45, 7) is 2.77. The van der Waals surface area contributed by atoms with Crippen LogP contribution >= 0.6 is 0 Å². The van der Waals surface area contributed by atoms with E-state index in [1.54, 1.807) is 24.3 Å². The molecule has 0 saturated heterocycles. The number of rotatable bonds is 5. The summed E-state index contributed by atoms with van der Waals surface area (Å²) in [4.78, 5) is 25.6. The van der Waals surface area contributed by atoms with Crippen molar-refractivity contribution >= 4 is 18.0 Å². The molecule has 0 aliphatic heterocycles. The largest absolute Gasteiger partial charge is 0.465 e. The van der Waals surface area contributed by atoms with Crippen LogP contribution in [-0.4, -0.2) is 36.5 Å². The Bertz CT molecular complexity index is 542. The first-order valence-corrected chi connectivity index (χ1v) is 7.82. The molecule has 1 aromatic rings. The van der Waals surface area contributed by atoms with Gasteiger partial charge in [0.25, 0.3) is 0 Å². The molecule has 0 heterocycles. The van der Waals surface area contributed by atoms with E-state index in [0.29, 0.717) is 11.6 Å². The zero-order valence-corrected chi connectivity index (χ0v) is 13.2. The van der Waals surface area contributed by atoms with Crippen molar-refractivity contribution in [3.8, 4) is 0 Å². The van der Waals surface area contributed by atoms with E-state index in [2.05, 4.69) is 4.74 Å². The number of esters is 1. The number of carbonyl (C=O) groups excluding carboxylic acids is 2. The second-order valence-electron chi connectivity index (χ2n) is 5.51. The van der Waals surface area contributed by atoms with Gasteiger partial charge in [-0.2, -0.15) is 0 Å². The first kappa shape index (κ1) is 16.3. The van der Waals surface area contributed by atoms with Gasteiger partial charge in [0.15, 0.2) is 0 Å². The highest BCUT2D eigenvalue weighted by Gasteiger charge is 2.23. The highest BCUT2D eigenvalue weighted by Crippen LogP contribution is 2.23. The summed E-state index contributed by atoms with van der Waals surface area (Å²) in [5, 5.41) is 0. The molecule has 1 aliphatic carbocycles. The summed E-state index contributed by atoms with van der Waals surface area (Å²) >= 11 is 0. The Morgan fingerprint density at radius 1 is 1.23 bits per heavy atom. The van der Waals surface area contributed by atoms with Crippen LogP contribution in [0.15, 0.2) is 30.3 Å². The molecule has 1 saturated carbocycles. The third kappa shape index (κ3) is 3.97. The maximum Gasteiger partial charge on any atom is 0.337 e. The molecule has 0 bridgehead atoms. The van der Waals surface area contributed by atoms with E-state index < -0.39 is 0 Å². The Kier molecular flexibility index (Phi) is 5.75. The fourth-order valence-corrected chi connectivity index (χ4v) is 2.92. The lowest BCUT2D eigenvalue weighted by Crippen LogP contribution is -2.37. The molecule has 118 valence electrons. The fraction of sp³-hybridized carbons (Fsp3) is 0.444. The molecule has 0 unspecified atom stereocenters. The standard InChI is InChI=1S/C18H23NO3/c1-3-19(16-6-4-5-7-16)17(20)13-10-14-8-11-15(12-9-14)18(21)22-2/h8-13,16H,3-7H2,1-2H3/b13-10+. The Balaban J connectivity index is 2.00. The predicted octanol–water partition coefficient (Wildman–Crippen LogP) is 3.28. The van der Waals surface area contributed by atoms with Crippen molar-refractivity contribution < 1.29 is 14.3 Å². The highest BCUT2D eigenvalue weighted by atomic mass is 16.5. The second kappa shape index (κ2) is 7.78. The van der Waals surface area contributed by atoms with Crippen LogP contribution < -0.4 is 0 Å². The SMILES string of the molecule is CCN(C(=O)/C=C/c1ccc(C(=O)OC)cc1)C1CCCC1. The van der Waals surface area contributed by atoms with Gasteiger partial charge in [0.2, 0.25) is 5.91 Å². The number of ether oxygens (including phenoxy) is 1. The van der Waals surface area contributed by atoms with Gasteiger partial charge >= 0.3 is 5.97 Å². The predicted molar refractivity (Wildman–Crippen MR) is 86.5 cm³/mol. The molecule has 1 aliphatic rings. The Labute approximate surface area is 131 Å². The monoisotopic (exact) mass is 301 g/mol. The van der Waals surface area contributed by atoms with Crippen molar-refractivity contribution in [2.45, 2.75) is 38.6 Å². The van der Waals surface area contributed by atoms with Crippen LogP contribution in [0, 0.1) is 0 Å². The second-order valence-corrected chi connectivity index (χ2v) is 5.51. The third-order valence-corrected chi connectivity index (χ3v) is 4.14. The van der Waals surface area contributed by atoms with E-state index in [0.717, 1.165) is 24.9 Å². The Hall–Kier alpha value is -2.10. The maximum atomic E-state index is 12.3. The van der Waals surface area contributed by atoms with Crippen molar-refractivity contribution in [2.24, 2.45) is 0 Å². The van der Waals surface area contributed by atoms with Gasteiger partial charge in [-0.3, -0.25) is 4.79 Å². The molecule has 0 aromatic heterocycles. The van der Waals surface area contributed by atoms with Gasteiger partial charge in [0.05, 0.1) is 12.7 Å². The zero-order valence-electron chi connectivity index (χ0n) is 13.2. The minimum absolute atomic E-state index is 0.0615. The van der Waals surface area contributed by atoms with E-state index in [1.165, 1.54) is 20.0 Å². The van der Waals surface area contributed by atoms with Crippen LogP contribution in [-0.2, 0) is 9.53 Å². The molecule has 4 nitrogen and oxygen atoms in total. The topological polar surface area (TPSA) is 46.6 Å². The van der Waals surface area contributed by atoms with Crippen LogP contribution in [0.4, 0.5) is 0 Å². The average Bonchev–Trinajstić information content (AvgIpc) is 3.07. The maximum absolute atomic E-state index is 12.3. The molecular formula is C18H23NO3. The first-order chi connectivity index (χ1) is 10.7. The van der Waals surface area contributed by atoms with Crippen molar-refractivity contribution in [2.75, 3.05) is 13.7 Å². The van der Waals surface area contributed by atoms with Gasteiger partial charge < -0.3 is 9.64 Å². The number of benzene rings is 1. The van der Waals surface area contributed by atoms with Gasteiger partial charge in [-0.05, 0) is 43.5 Å². The van der Waals surface area contributed by atoms with Crippen LogP contribution in [0.25, 0.3) is 6.08 Å². The number of amides is 1. The molecule has 22 heavy (non-hydrogen) atoms. The minimum Gasteiger partial charge on any atom is -0.465 e. The third-order valence-electron chi connectivity index (χ3n) is 4.14. The number of nitrogens with zero attached hydrogens (tertiary/aromatic N) is 1. The van der Waals surface area contributed by atoms with Crippen LogP contribution in [0.5, 0.6) is 0 Å². The van der Waals surface area contributed by atoms with E-state index >= 15 is 0 Å². The molecule has 0 atom stereocenters.